The number of anilines is 2. The van der Waals surface area contributed by atoms with Crippen LogP contribution in [-0.4, -0.2) is 44.8 Å². The monoisotopic (exact) mass is 501 g/mol. The molecule has 9 heteroatoms. The zero-order valence-corrected chi connectivity index (χ0v) is 21.0. The van der Waals surface area contributed by atoms with Crippen LogP contribution in [0.2, 0.25) is 10.0 Å². The molecule has 0 bridgehead atoms. The molecule has 3 aromatic rings. The number of rotatable bonds is 9. The van der Waals surface area contributed by atoms with Gasteiger partial charge in [-0.25, -0.2) is 14.0 Å². The van der Waals surface area contributed by atoms with E-state index in [9.17, 15) is 9.59 Å². The molecule has 1 amide bonds. The van der Waals surface area contributed by atoms with E-state index in [4.69, 9.17) is 23.2 Å². The SMILES string of the molecule is CCCN(CCC)CCCn1nc2n(c1=O)-c1ccc(Cl)cc1N(c1ccccc1Cl)C(=O)C2. The van der Waals surface area contributed by atoms with Crippen molar-refractivity contribution in [1.29, 1.82) is 0 Å². The Morgan fingerprint density at radius 2 is 1.68 bits per heavy atom. The standard InChI is InChI=1S/C25H29Cl2N5O2/c1-3-12-29(13-4-2)14-7-15-30-25(34)32-21-11-10-18(26)16-22(21)31(24(33)17-23(32)28-30)20-9-6-5-8-19(20)27/h5-6,8-11,16H,3-4,7,12-15,17H2,1-2H3. The third-order valence-corrected chi connectivity index (χ3v) is 6.46. The number of amides is 1. The highest BCUT2D eigenvalue weighted by Crippen LogP contribution is 2.38. The van der Waals surface area contributed by atoms with Gasteiger partial charge in [-0.15, -0.1) is 0 Å². The van der Waals surface area contributed by atoms with Crippen molar-refractivity contribution >= 4 is 40.5 Å². The van der Waals surface area contributed by atoms with Crippen molar-refractivity contribution in [1.82, 2.24) is 19.2 Å². The van der Waals surface area contributed by atoms with Gasteiger partial charge in [0.25, 0.3) is 0 Å². The number of aromatic nitrogens is 3. The molecule has 180 valence electrons. The Bertz CT molecular complexity index is 1230. The lowest BCUT2D eigenvalue weighted by Crippen LogP contribution is -2.30. The average Bonchev–Trinajstić information content (AvgIpc) is 3.04. The van der Waals surface area contributed by atoms with E-state index in [-0.39, 0.29) is 18.0 Å². The summed E-state index contributed by atoms with van der Waals surface area (Å²) in [6, 6.07) is 12.3. The Labute approximate surface area is 209 Å². The maximum atomic E-state index is 13.4. The van der Waals surface area contributed by atoms with Crippen molar-refractivity contribution in [3.05, 3.63) is 68.8 Å². The number of hydrogen-bond donors (Lipinski definition) is 0. The molecule has 34 heavy (non-hydrogen) atoms. The highest BCUT2D eigenvalue weighted by molar-refractivity contribution is 6.34. The normalized spacial score (nSPS) is 13.2. The van der Waals surface area contributed by atoms with E-state index in [2.05, 4.69) is 23.8 Å². The van der Waals surface area contributed by atoms with Gasteiger partial charge in [0, 0.05) is 11.6 Å². The molecule has 0 aliphatic carbocycles. The molecule has 0 unspecified atom stereocenters. The summed E-state index contributed by atoms with van der Waals surface area (Å²) in [5.74, 6) is 0.177. The highest BCUT2D eigenvalue weighted by Gasteiger charge is 2.31. The summed E-state index contributed by atoms with van der Waals surface area (Å²) in [6.45, 7) is 7.83. The molecule has 4 rings (SSSR count). The number of aryl methyl sites for hydroxylation is 1. The van der Waals surface area contributed by atoms with E-state index in [1.54, 1.807) is 36.4 Å². The number of benzene rings is 2. The maximum absolute atomic E-state index is 13.4. The summed E-state index contributed by atoms with van der Waals surface area (Å²) >= 11 is 12.7. The second-order valence-electron chi connectivity index (χ2n) is 8.44. The summed E-state index contributed by atoms with van der Waals surface area (Å²) in [4.78, 5) is 30.8. The lowest BCUT2D eigenvalue weighted by Gasteiger charge is -2.24. The first-order chi connectivity index (χ1) is 16.4. The molecule has 1 aliphatic rings. The minimum absolute atomic E-state index is 0.0302. The van der Waals surface area contributed by atoms with Crippen LogP contribution in [0.4, 0.5) is 11.4 Å². The Balaban J connectivity index is 1.70. The summed E-state index contributed by atoms with van der Waals surface area (Å²) in [5.41, 5.74) is 1.34. The maximum Gasteiger partial charge on any atom is 0.350 e. The zero-order valence-electron chi connectivity index (χ0n) is 19.5. The van der Waals surface area contributed by atoms with Gasteiger partial charge in [-0.3, -0.25) is 9.69 Å². The van der Waals surface area contributed by atoms with Gasteiger partial charge in [-0.1, -0.05) is 49.2 Å². The van der Waals surface area contributed by atoms with Gasteiger partial charge in [0.15, 0.2) is 0 Å². The largest absolute Gasteiger partial charge is 0.350 e. The number of fused-ring (bicyclic) bond motifs is 3. The number of nitrogens with zero attached hydrogens (tertiary/aromatic N) is 5. The van der Waals surface area contributed by atoms with Crippen LogP contribution in [0.3, 0.4) is 0 Å². The quantitative estimate of drug-likeness (QED) is 0.410. The van der Waals surface area contributed by atoms with E-state index in [1.807, 2.05) is 6.07 Å². The molecule has 1 aliphatic heterocycles. The van der Waals surface area contributed by atoms with Crippen molar-refractivity contribution in [2.75, 3.05) is 24.5 Å². The number of carbonyl (C=O) groups is 1. The van der Waals surface area contributed by atoms with E-state index in [1.165, 1.54) is 14.1 Å². The molecule has 0 spiro atoms. The molecule has 0 radical (unpaired) electrons. The molecular formula is C25H29Cl2N5O2. The minimum atomic E-state index is -0.259. The van der Waals surface area contributed by atoms with Crippen molar-refractivity contribution in [2.24, 2.45) is 0 Å². The second kappa shape index (κ2) is 10.8. The molecule has 2 heterocycles. The first-order valence-corrected chi connectivity index (χ1v) is 12.5. The average molecular weight is 502 g/mol. The van der Waals surface area contributed by atoms with Crippen molar-refractivity contribution < 1.29 is 4.79 Å². The van der Waals surface area contributed by atoms with Gasteiger partial charge in [0.2, 0.25) is 5.91 Å². The van der Waals surface area contributed by atoms with E-state index >= 15 is 0 Å². The Morgan fingerprint density at radius 1 is 0.941 bits per heavy atom. The third kappa shape index (κ3) is 4.92. The Kier molecular flexibility index (Phi) is 7.76. The van der Waals surface area contributed by atoms with Crippen LogP contribution in [0.15, 0.2) is 47.3 Å². The van der Waals surface area contributed by atoms with Gasteiger partial charge in [0.05, 0.1) is 28.5 Å². The molecule has 0 saturated carbocycles. The third-order valence-electron chi connectivity index (χ3n) is 5.90. The number of para-hydroxylation sites is 1. The molecule has 7 nitrogen and oxygen atoms in total. The van der Waals surface area contributed by atoms with E-state index < -0.39 is 0 Å². The summed E-state index contributed by atoms with van der Waals surface area (Å²) in [5, 5.41) is 5.45. The van der Waals surface area contributed by atoms with Crippen LogP contribution >= 0.6 is 23.2 Å². The van der Waals surface area contributed by atoms with Gasteiger partial charge >= 0.3 is 5.69 Å². The molecule has 0 N–H and O–H groups in total. The number of halogens is 2. The predicted molar refractivity (Wildman–Crippen MR) is 137 cm³/mol. The zero-order chi connectivity index (χ0) is 24.2. The van der Waals surface area contributed by atoms with Gasteiger partial charge < -0.3 is 4.90 Å². The molecule has 0 fully saturated rings. The minimum Gasteiger partial charge on any atom is -0.303 e. The van der Waals surface area contributed by atoms with Crippen LogP contribution in [0.1, 0.15) is 38.9 Å². The topological polar surface area (TPSA) is 63.4 Å². The molecular weight excluding hydrogens is 473 g/mol. The predicted octanol–water partition coefficient (Wildman–Crippen LogP) is 5.07. The first-order valence-electron chi connectivity index (χ1n) is 11.7. The fraction of sp³-hybridized carbons (Fsp3) is 0.400. The van der Waals surface area contributed by atoms with Crippen LogP contribution in [0.25, 0.3) is 5.69 Å². The number of hydrogen-bond acceptors (Lipinski definition) is 4. The molecule has 2 aromatic carbocycles. The summed E-state index contributed by atoms with van der Waals surface area (Å²) in [6.07, 6.45) is 2.98. The van der Waals surface area contributed by atoms with Crippen LogP contribution < -0.4 is 10.6 Å². The lowest BCUT2D eigenvalue weighted by molar-refractivity contribution is -0.117. The van der Waals surface area contributed by atoms with Gasteiger partial charge in [0.1, 0.15) is 5.82 Å². The molecule has 1 aromatic heterocycles. The van der Waals surface area contributed by atoms with E-state index in [0.29, 0.717) is 39.5 Å². The van der Waals surface area contributed by atoms with Crippen molar-refractivity contribution in [2.45, 2.75) is 46.1 Å². The van der Waals surface area contributed by atoms with Crippen LogP contribution in [0.5, 0.6) is 0 Å². The van der Waals surface area contributed by atoms with Crippen LogP contribution in [-0.2, 0) is 17.8 Å². The Hall–Kier alpha value is -2.61. The van der Waals surface area contributed by atoms with Crippen molar-refractivity contribution in [3.63, 3.8) is 0 Å². The number of carbonyl (C=O) groups excluding carboxylic acids is 1. The van der Waals surface area contributed by atoms with Gasteiger partial charge in [-0.2, -0.15) is 5.10 Å². The highest BCUT2D eigenvalue weighted by atomic mass is 35.5. The second-order valence-corrected chi connectivity index (χ2v) is 9.29. The summed E-state index contributed by atoms with van der Waals surface area (Å²) in [7, 11) is 0. The van der Waals surface area contributed by atoms with Crippen LogP contribution in [0, 0.1) is 0 Å². The molecule has 0 saturated heterocycles. The Morgan fingerprint density at radius 3 is 2.38 bits per heavy atom. The fourth-order valence-electron chi connectivity index (χ4n) is 4.48. The van der Waals surface area contributed by atoms with Crippen molar-refractivity contribution in [3.8, 4) is 5.69 Å². The molecule has 0 atom stereocenters. The lowest BCUT2D eigenvalue weighted by atomic mass is 10.2. The summed E-state index contributed by atoms with van der Waals surface area (Å²) < 4.78 is 3.00. The first kappa shape index (κ1) is 24.5. The van der Waals surface area contributed by atoms with Gasteiger partial charge in [-0.05, 0) is 69.2 Å². The fourth-order valence-corrected chi connectivity index (χ4v) is 4.86. The smallest absolute Gasteiger partial charge is 0.303 e. The van der Waals surface area contributed by atoms with E-state index in [0.717, 1.165) is 38.9 Å².